The number of carbonyl (C=O) groups excluding carboxylic acids is 1. The van der Waals surface area contributed by atoms with Gasteiger partial charge in [-0.25, -0.2) is 0 Å². The summed E-state index contributed by atoms with van der Waals surface area (Å²) >= 11 is 0. The van der Waals surface area contributed by atoms with Crippen LogP contribution in [0.4, 0.5) is 0 Å². The van der Waals surface area contributed by atoms with Gasteiger partial charge in [-0.15, -0.1) is 0 Å². The van der Waals surface area contributed by atoms with Crippen LogP contribution < -0.4 is 0 Å². The molecule has 3 unspecified atom stereocenters. The van der Waals surface area contributed by atoms with E-state index in [9.17, 15) is 14.7 Å². The number of likely N-dealkylation sites (tertiary alicyclic amines) is 1. The third-order valence-electron chi connectivity index (χ3n) is 5.35. The van der Waals surface area contributed by atoms with Gasteiger partial charge >= 0.3 is 5.97 Å². The molecule has 0 bridgehead atoms. The van der Waals surface area contributed by atoms with Gasteiger partial charge in [0.1, 0.15) is 0 Å². The Hall–Kier alpha value is -1.88. The van der Waals surface area contributed by atoms with Crippen LogP contribution in [0.5, 0.6) is 0 Å². The van der Waals surface area contributed by atoms with Gasteiger partial charge in [0, 0.05) is 19.7 Å². The predicted molar refractivity (Wildman–Crippen MR) is 89.5 cm³/mol. The van der Waals surface area contributed by atoms with Crippen LogP contribution in [0.25, 0.3) is 0 Å². The minimum Gasteiger partial charge on any atom is -0.481 e. The number of aliphatic carboxylic acids is 1. The number of benzene rings is 1. The summed E-state index contributed by atoms with van der Waals surface area (Å²) in [7, 11) is 0. The van der Waals surface area contributed by atoms with E-state index < -0.39 is 11.4 Å². The molecule has 1 amide bonds. The van der Waals surface area contributed by atoms with Gasteiger partial charge in [-0.05, 0) is 38.7 Å². The zero-order valence-corrected chi connectivity index (χ0v) is 14.3. The molecule has 2 aliphatic heterocycles. The van der Waals surface area contributed by atoms with Crippen LogP contribution in [0.2, 0.25) is 0 Å². The third-order valence-corrected chi connectivity index (χ3v) is 5.35. The normalized spacial score (nSPS) is 30.3. The molecule has 5 nitrogen and oxygen atoms in total. The first-order valence-electron chi connectivity index (χ1n) is 8.61. The van der Waals surface area contributed by atoms with Crippen LogP contribution in [0.3, 0.4) is 0 Å². The van der Waals surface area contributed by atoms with E-state index in [2.05, 4.69) is 0 Å². The van der Waals surface area contributed by atoms with E-state index >= 15 is 0 Å². The Labute approximate surface area is 142 Å². The molecule has 1 N–H and O–H groups in total. The van der Waals surface area contributed by atoms with Gasteiger partial charge < -0.3 is 14.7 Å². The maximum atomic E-state index is 13.0. The van der Waals surface area contributed by atoms with E-state index in [-0.39, 0.29) is 24.5 Å². The Bertz CT molecular complexity index is 627. The molecule has 3 rings (SSSR count). The highest BCUT2D eigenvalue weighted by molar-refractivity contribution is 5.82. The standard InChI is InChI=1S/C19H25NO4/c1-13-5-7-14(8-6-13)16-15(4-3-11-24-16)17(21)20-10-9-19(2,12-20)18(22)23/h5-8,15-16H,3-4,9-12H2,1-2H3,(H,22,23). The number of rotatable bonds is 3. The van der Waals surface area contributed by atoms with Gasteiger partial charge in [0.2, 0.25) is 5.91 Å². The number of hydrogen-bond acceptors (Lipinski definition) is 3. The predicted octanol–water partition coefficient (Wildman–Crippen LogP) is 2.79. The van der Waals surface area contributed by atoms with Gasteiger partial charge in [-0.3, -0.25) is 9.59 Å². The summed E-state index contributed by atoms with van der Waals surface area (Å²) in [6.07, 6.45) is 1.93. The second-order valence-corrected chi connectivity index (χ2v) is 7.33. The summed E-state index contributed by atoms with van der Waals surface area (Å²) in [6.45, 7) is 5.22. The van der Waals surface area contributed by atoms with E-state index in [1.807, 2.05) is 31.2 Å². The summed E-state index contributed by atoms with van der Waals surface area (Å²) in [6, 6.07) is 8.12. The fraction of sp³-hybridized carbons (Fsp3) is 0.579. The Morgan fingerprint density at radius 1 is 1.29 bits per heavy atom. The minimum absolute atomic E-state index is 0.0326. The van der Waals surface area contributed by atoms with Crippen molar-refractivity contribution in [1.29, 1.82) is 0 Å². The summed E-state index contributed by atoms with van der Waals surface area (Å²) in [4.78, 5) is 26.2. The first-order valence-corrected chi connectivity index (χ1v) is 8.61. The van der Waals surface area contributed by atoms with Gasteiger partial charge in [0.15, 0.2) is 0 Å². The highest BCUT2D eigenvalue weighted by atomic mass is 16.5. The largest absolute Gasteiger partial charge is 0.481 e. The van der Waals surface area contributed by atoms with Crippen molar-refractivity contribution in [2.45, 2.75) is 39.2 Å². The molecule has 24 heavy (non-hydrogen) atoms. The monoisotopic (exact) mass is 331 g/mol. The Balaban J connectivity index is 1.77. The Kier molecular flexibility index (Phi) is 4.63. The molecule has 3 atom stereocenters. The maximum absolute atomic E-state index is 13.0. The molecule has 2 aliphatic rings. The van der Waals surface area contributed by atoms with E-state index in [4.69, 9.17) is 4.74 Å². The Morgan fingerprint density at radius 3 is 2.62 bits per heavy atom. The molecule has 1 aromatic carbocycles. The molecule has 5 heteroatoms. The van der Waals surface area contributed by atoms with Crippen molar-refractivity contribution in [3.63, 3.8) is 0 Å². The maximum Gasteiger partial charge on any atom is 0.311 e. The quantitative estimate of drug-likeness (QED) is 0.925. The summed E-state index contributed by atoms with van der Waals surface area (Å²) in [5, 5.41) is 9.38. The average Bonchev–Trinajstić information content (AvgIpc) is 2.99. The number of aryl methyl sites for hydroxylation is 1. The van der Waals surface area contributed by atoms with Gasteiger partial charge in [-0.1, -0.05) is 29.8 Å². The second-order valence-electron chi connectivity index (χ2n) is 7.33. The lowest BCUT2D eigenvalue weighted by Gasteiger charge is -2.34. The van der Waals surface area contributed by atoms with Crippen molar-refractivity contribution in [2.75, 3.05) is 19.7 Å². The van der Waals surface area contributed by atoms with Crippen molar-refractivity contribution >= 4 is 11.9 Å². The van der Waals surface area contributed by atoms with Crippen molar-refractivity contribution in [2.24, 2.45) is 11.3 Å². The first kappa shape index (κ1) is 17.0. The van der Waals surface area contributed by atoms with Crippen molar-refractivity contribution < 1.29 is 19.4 Å². The Morgan fingerprint density at radius 2 is 2.00 bits per heavy atom. The molecular weight excluding hydrogens is 306 g/mol. The van der Waals surface area contributed by atoms with Crippen molar-refractivity contribution in [1.82, 2.24) is 4.90 Å². The van der Waals surface area contributed by atoms with Crippen LogP contribution in [0.15, 0.2) is 24.3 Å². The van der Waals surface area contributed by atoms with Gasteiger partial charge in [0.05, 0.1) is 17.4 Å². The van der Waals surface area contributed by atoms with Crippen LogP contribution in [0.1, 0.15) is 43.4 Å². The molecule has 0 saturated carbocycles. The van der Waals surface area contributed by atoms with E-state index in [1.54, 1.807) is 11.8 Å². The molecular formula is C19H25NO4. The van der Waals surface area contributed by atoms with Gasteiger partial charge in [0.25, 0.3) is 0 Å². The zero-order chi connectivity index (χ0) is 17.3. The van der Waals surface area contributed by atoms with Gasteiger partial charge in [-0.2, -0.15) is 0 Å². The lowest BCUT2D eigenvalue weighted by molar-refractivity contribution is -0.149. The number of nitrogens with zero attached hydrogens (tertiary/aromatic N) is 1. The SMILES string of the molecule is Cc1ccc(C2OCCCC2C(=O)N2CCC(C)(C(=O)O)C2)cc1. The number of carboxylic acid groups (broad SMARTS) is 1. The molecule has 2 heterocycles. The molecule has 0 spiro atoms. The lowest BCUT2D eigenvalue weighted by atomic mass is 9.87. The molecule has 1 aromatic rings. The molecule has 130 valence electrons. The highest BCUT2D eigenvalue weighted by Crippen LogP contribution is 2.38. The van der Waals surface area contributed by atoms with E-state index in [0.29, 0.717) is 19.6 Å². The van der Waals surface area contributed by atoms with Crippen LogP contribution in [-0.2, 0) is 14.3 Å². The number of hydrogen-bond donors (Lipinski definition) is 1. The van der Waals surface area contributed by atoms with Crippen molar-refractivity contribution in [3.05, 3.63) is 35.4 Å². The molecule has 0 aliphatic carbocycles. The summed E-state index contributed by atoms with van der Waals surface area (Å²) < 4.78 is 5.93. The number of carbonyl (C=O) groups is 2. The van der Waals surface area contributed by atoms with Crippen molar-refractivity contribution in [3.8, 4) is 0 Å². The lowest BCUT2D eigenvalue weighted by Crippen LogP contribution is -2.41. The molecule has 2 saturated heterocycles. The number of ether oxygens (including phenoxy) is 1. The molecule has 0 aromatic heterocycles. The number of carboxylic acids is 1. The number of amides is 1. The average molecular weight is 331 g/mol. The third kappa shape index (κ3) is 3.18. The van der Waals surface area contributed by atoms with Crippen LogP contribution >= 0.6 is 0 Å². The smallest absolute Gasteiger partial charge is 0.311 e. The van der Waals surface area contributed by atoms with E-state index in [1.165, 1.54) is 5.56 Å². The summed E-state index contributed by atoms with van der Waals surface area (Å²) in [5.74, 6) is -1.02. The summed E-state index contributed by atoms with van der Waals surface area (Å²) in [5.41, 5.74) is 1.37. The molecule has 0 radical (unpaired) electrons. The highest BCUT2D eigenvalue weighted by Gasteiger charge is 2.45. The second kappa shape index (κ2) is 6.55. The van der Waals surface area contributed by atoms with E-state index in [0.717, 1.165) is 18.4 Å². The first-order chi connectivity index (χ1) is 11.4. The minimum atomic E-state index is -0.829. The van der Waals surface area contributed by atoms with Crippen LogP contribution in [0, 0.1) is 18.3 Å². The molecule has 2 fully saturated rings. The zero-order valence-electron chi connectivity index (χ0n) is 14.3. The van der Waals surface area contributed by atoms with Crippen LogP contribution in [-0.4, -0.2) is 41.6 Å². The fourth-order valence-electron chi connectivity index (χ4n) is 3.68. The topological polar surface area (TPSA) is 66.8 Å². The fourth-order valence-corrected chi connectivity index (χ4v) is 3.68.